The van der Waals surface area contributed by atoms with Crippen LogP contribution in [0.25, 0.3) is 0 Å². The van der Waals surface area contributed by atoms with Gasteiger partial charge in [0.2, 0.25) is 0 Å². The normalized spacial score (nSPS) is 13.0. The Morgan fingerprint density at radius 3 is 0.909 bits per heavy atom. The van der Waals surface area contributed by atoms with Crippen LogP contribution in [0.15, 0.2) is 36.4 Å². The van der Waals surface area contributed by atoms with Crippen molar-refractivity contribution < 1.29 is 20.1 Å². The summed E-state index contributed by atoms with van der Waals surface area (Å²) < 4.78 is 5.65. The van der Waals surface area contributed by atoms with Crippen LogP contribution in [-0.4, -0.2) is 27.3 Å². The standard InChI is InChI=1S/C39H57NO4/c1-22(2)31-13-28(14-32(23(3)4)37(31)41)19-40(20-29-15-33(24(5)6)38(42)34(16-29)25(7)8)21-30-17-35(26(9)10)39(43)36(18-30)27(11)44-12/h13-18,22-27,41-43H,19-21H2,1-12H3. The zero-order valence-electron chi connectivity index (χ0n) is 29.2. The van der Waals surface area contributed by atoms with Crippen molar-refractivity contribution in [2.75, 3.05) is 7.11 Å². The maximum atomic E-state index is 11.1. The monoisotopic (exact) mass is 603 g/mol. The number of methoxy groups -OCH3 is 1. The van der Waals surface area contributed by atoms with Gasteiger partial charge in [0.1, 0.15) is 17.2 Å². The van der Waals surface area contributed by atoms with Crippen LogP contribution in [0.5, 0.6) is 17.2 Å². The fourth-order valence-electron chi connectivity index (χ4n) is 6.09. The molecule has 0 amide bonds. The van der Waals surface area contributed by atoms with Crippen LogP contribution in [0.4, 0.5) is 0 Å². The van der Waals surface area contributed by atoms with Gasteiger partial charge in [-0.3, -0.25) is 4.90 Å². The van der Waals surface area contributed by atoms with Crippen LogP contribution in [-0.2, 0) is 24.4 Å². The molecule has 0 heterocycles. The van der Waals surface area contributed by atoms with Crippen LogP contribution < -0.4 is 0 Å². The lowest BCUT2D eigenvalue weighted by atomic mass is 9.90. The number of phenols is 3. The number of phenolic OH excluding ortho intramolecular Hbond substituents is 3. The zero-order chi connectivity index (χ0) is 33.0. The van der Waals surface area contributed by atoms with Gasteiger partial charge in [0.05, 0.1) is 6.10 Å². The summed E-state index contributed by atoms with van der Waals surface area (Å²) in [6, 6.07) is 12.8. The molecule has 1 atom stereocenters. The quantitative estimate of drug-likeness (QED) is 0.181. The number of rotatable bonds is 13. The van der Waals surface area contributed by atoms with E-state index < -0.39 is 0 Å². The van der Waals surface area contributed by atoms with Crippen molar-refractivity contribution in [2.24, 2.45) is 0 Å². The van der Waals surface area contributed by atoms with E-state index in [-0.39, 0.29) is 35.7 Å². The molecule has 5 heteroatoms. The molecule has 0 saturated carbocycles. The third-order valence-electron chi connectivity index (χ3n) is 8.81. The van der Waals surface area contributed by atoms with Crippen molar-refractivity contribution in [3.05, 3.63) is 86.5 Å². The molecule has 0 spiro atoms. The largest absolute Gasteiger partial charge is 0.507 e. The van der Waals surface area contributed by atoms with Gasteiger partial charge in [-0.05, 0) is 87.1 Å². The molecule has 1 unspecified atom stereocenters. The highest BCUT2D eigenvalue weighted by molar-refractivity contribution is 5.49. The average molecular weight is 604 g/mol. The molecule has 5 nitrogen and oxygen atoms in total. The molecule has 0 saturated heterocycles. The van der Waals surface area contributed by atoms with Gasteiger partial charge in [-0.15, -0.1) is 0 Å². The summed E-state index contributed by atoms with van der Waals surface area (Å²) in [5.74, 6) is 2.08. The Balaban J connectivity index is 2.19. The first kappa shape index (κ1) is 35.5. The molecular weight excluding hydrogens is 546 g/mol. The molecular formula is C39H57NO4. The second kappa shape index (κ2) is 14.8. The smallest absolute Gasteiger partial charge is 0.124 e. The van der Waals surface area contributed by atoms with E-state index in [1.54, 1.807) is 7.11 Å². The van der Waals surface area contributed by atoms with Gasteiger partial charge in [0, 0.05) is 32.3 Å². The average Bonchev–Trinajstić information content (AvgIpc) is 2.94. The summed E-state index contributed by atoms with van der Waals surface area (Å²) in [5.41, 5.74) is 9.06. The molecule has 0 aliphatic heterocycles. The zero-order valence-corrected chi connectivity index (χ0v) is 29.2. The summed E-state index contributed by atoms with van der Waals surface area (Å²) in [4.78, 5) is 2.43. The molecule has 0 aliphatic carbocycles. The predicted molar refractivity (Wildman–Crippen MR) is 183 cm³/mol. The first-order valence-corrected chi connectivity index (χ1v) is 16.4. The Kier molecular flexibility index (Phi) is 12.0. The van der Waals surface area contributed by atoms with Gasteiger partial charge in [-0.1, -0.05) is 99.6 Å². The lowest BCUT2D eigenvalue weighted by Gasteiger charge is -2.27. The van der Waals surface area contributed by atoms with Gasteiger partial charge >= 0.3 is 0 Å². The lowest BCUT2D eigenvalue weighted by molar-refractivity contribution is 0.117. The van der Waals surface area contributed by atoms with E-state index in [1.807, 2.05) is 6.92 Å². The molecule has 242 valence electrons. The molecule has 0 radical (unpaired) electrons. The first-order chi connectivity index (χ1) is 20.5. The number of aromatic hydroxyl groups is 3. The Bertz CT molecular complexity index is 1290. The van der Waals surface area contributed by atoms with E-state index in [0.717, 1.165) is 50.1 Å². The Hall–Kier alpha value is -3.02. The van der Waals surface area contributed by atoms with Crippen molar-refractivity contribution in [1.29, 1.82) is 0 Å². The molecule has 3 rings (SSSR count). The van der Waals surface area contributed by atoms with Crippen LogP contribution >= 0.6 is 0 Å². The molecule has 0 aliphatic rings. The molecule has 0 fully saturated rings. The topological polar surface area (TPSA) is 73.2 Å². The van der Waals surface area contributed by atoms with Crippen LogP contribution in [0.1, 0.15) is 162 Å². The molecule has 0 aromatic heterocycles. The Labute approximate surface area is 266 Å². The Morgan fingerprint density at radius 2 is 0.682 bits per heavy atom. The third kappa shape index (κ3) is 8.17. The predicted octanol–water partition coefficient (Wildman–Crippen LogP) is 10.3. The second-order valence-corrected chi connectivity index (χ2v) is 14.2. The van der Waals surface area contributed by atoms with Crippen molar-refractivity contribution in [1.82, 2.24) is 4.90 Å². The lowest BCUT2D eigenvalue weighted by Crippen LogP contribution is -2.23. The number of benzene rings is 3. The Morgan fingerprint density at radius 1 is 0.455 bits per heavy atom. The molecule has 0 bridgehead atoms. The van der Waals surface area contributed by atoms with E-state index in [0.29, 0.717) is 36.9 Å². The highest BCUT2D eigenvalue weighted by Gasteiger charge is 2.22. The van der Waals surface area contributed by atoms with Crippen molar-refractivity contribution in [3.8, 4) is 17.2 Å². The van der Waals surface area contributed by atoms with Crippen LogP contribution in [0, 0.1) is 0 Å². The molecule has 3 aromatic carbocycles. The number of ether oxygens (including phenoxy) is 1. The van der Waals surface area contributed by atoms with Crippen LogP contribution in [0.3, 0.4) is 0 Å². The second-order valence-electron chi connectivity index (χ2n) is 14.2. The van der Waals surface area contributed by atoms with E-state index in [4.69, 9.17) is 4.74 Å². The summed E-state index contributed by atoms with van der Waals surface area (Å²) in [7, 11) is 1.67. The summed E-state index contributed by atoms with van der Waals surface area (Å²) in [6.45, 7) is 25.2. The SMILES string of the molecule is COC(C)c1cc(CN(Cc2cc(C(C)C)c(O)c(C(C)C)c2)Cc2cc(C(C)C)c(O)c(C(C)C)c2)cc(C(C)C)c1O. The van der Waals surface area contributed by atoms with Crippen molar-refractivity contribution >= 4 is 0 Å². The highest BCUT2D eigenvalue weighted by atomic mass is 16.5. The van der Waals surface area contributed by atoms with Gasteiger partial charge in [0.15, 0.2) is 0 Å². The number of hydrogen-bond acceptors (Lipinski definition) is 5. The highest BCUT2D eigenvalue weighted by Crippen LogP contribution is 2.39. The third-order valence-corrected chi connectivity index (χ3v) is 8.81. The van der Waals surface area contributed by atoms with Crippen molar-refractivity contribution in [3.63, 3.8) is 0 Å². The minimum Gasteiger partial charge on any atom is -0.507 e. The van der Waals surface area contributed by atoms with Gasteiger partial charge in [-0.25, -0.2) is 0 Å². The first-order valence-electron chi connectivity index (χ1n) is 16.4. The van der Waals surface area contributed by atoms with E-state index in [9.17, 15) is 15.3 Å². The molecule has 3 N–H and O–H groups in total. The number of hydrogen-bond donors (Lipinski definition) is 3. The van der Waals surface area contributed by atoms with Gasteiger partial charge in [-0.2, -0.15) is 0 Å². The summed E-state index contributed by atoms with van der Waals surface area (Å²) >= 11 is 0. The summed E-state index contributed by atoms with van der Waals surface area (Å²) in [5, 5.41) is 33.3. The number of nitrogens with zero attached hydrogens (tertiary/aromatic N) is 1. The van der Waals surface area contributed by atoms with E-state index in [1.165, 1.54) is 0 Å². The van der Waals surface area contributed by atoms with Crippen LogP contribution in [0.2, 0.25) is 0 Å². The maximum Gasteiger partial charge on any atom is 0.124 e. The minimum atomic E-state index is -0.237. The molecule has 44 heavy (non-hydrogen) atoms. The fraction of sp³-hybridized carbons (Fsp3) is 0.538. The van der Waals surface area contributed by atoms with E-state index in [2.05, 4.69) is 111 Å². The van der Waals surface area contributed by atoms with Gasteiger partial charge < -0.3 is 20.1 Å². The fourth-order valence-corrected chi connectivity index (χ4v) is 6.09. The van der Waals surface area contributed by atoms with Gasteiger partial charge in [0.25, 0.3) is 0 Å². The minimum absolute atomic E-state index is 0.157. The maximum absolute atomic E-state index is 11.1. The van der Waals surface area contributed by atoms with E-state index >= 15 is 0 Å². The van der Waals surface area contributed by atoms with Crippen molar-refractivity contribution in [2.45, 2.75) is 131 Å². The summed E-state index contributed by atoms with van der Waals surface area (Å²) in [6.07, 6.45) is -0.237. The molecule has 3 aromatic rings.